The zero-order chi connectivity index (χ0) is 15.3. The maximum Gasteiger partial charge on any atom is 0.189 e. The Hall–Kier alpha value is -1.13. The van der Waals surface area contributed by atoms with Crippen LogP contribution in [0.1, 0.15) is 45.6 Å². The van der Waals surface area contributed by atoms with Crippen molar-refractivity contribution in [2.75, 3.05) is 5.01 Å². The van der Waals surface area contributed by atoms with Gasteiger partial charge in [0.25, 0.3) is 0 Å². The number of hydrogen-bond acceptors (Lipinski definition) is 2. The lowest BCUT2D eigenvalue weighted by molar-refractivity contribution is 0.0828. The van der Waals surface area contributed by atoms with Crippen LogP contribution in [-0.2, 0) is 0 Å². The van der Waals surface area contributed by atoms with Crippen LogP contribution >= 0.6 is 12.2 Å². The van der Waals surface area contributed by atoms with Gasteiger partial charge in [0.2, 0.25) is 0 Å². The average Bonchev–Trinajstić information content (AvgIpc) is 2.63. The summed E-state index contributed by atoms with van der Waals surface area (Å²) in [5.74, 6) is 0.689. The van der Waals surface area contributed by atoms with Gasteiger partial charge in [0, 0.05) is 0 Å². The molecular weight excluding hydrogens is 278 g/mol. The molecule has 0 unspecified atom stereocenters. The lowest BCUT2D eigenvalue weighted by Gasteiger charge is -2.45. The van der Waals surface area contributed by atoms with E-state index in [1.54, 1.807) is 0 Å². The summed E-state index contributed by atoms with van der Waals surface area (Å²) in [6, 6.07) is 8.48. The van der Waals surface area contributed by atoms with Crippen LogP contribution in [0, 0.1) is 18.3 Å². The summed E-state index contributed by atoms with van der Waals surface area (Å²) in [6.45, 7) is 9.14. The molecule has 1 aliphatic heterocycles. The Kier molecular flexibility index (Phi) is 3.49. The summed E-state index contributed by atoms with van der Waals surface area (Å²) in [4.78, 5) is 0. The third-order valence-corrected chi connectivity index (χ3v) is 4.83. The first-order chi connectivity index (χ1) is 9.79. The Labute approximate surface area is 133 Å². The predicted molar refractivity (Wildman–Crippen MR) is 92.1 cm³/mol. The molecule has 0 bridgehead atoms. The van der Waals surface area contributed by atoms with E-state index in [2.05, 4.69) is 62.7 Å². The Bertz CT molecular complexity index is 552. The fraction of sp³-hybridized carbons (Fsp3) is 0.588. The van der Waals surface area contributed by atoms with E-state index in [1.807, 2.05) is 5.01 Å². The number of rotatable bonds is 1. The van der Waals surface area contributed by atoms with Crippen molar-refractivity contribution in [3.63, 3.8) is 0 Å². The summed E-state index contributed by atoms with van der Waals surface area (Å²) in [6.07, 6.45) is 3.47. The molecule has 3 nitrogen and oxygen atoms in total. The van der Waals surface area contributed by atoms with Crippen LogP contribution in [0.5, 0.6) is 0 Å². The zero-order valence-corrected chi connectivity index (χ0v) is 14.2. The molecular formula is C17H25N3S. The number of nitrogens with zero attached hydrogens (tertiary/aromatic N) is 1. The molecule has 1 saturated carbocycles. The van der Waals surface area contributed by atoms with Gasteiger partial charge in [-0.3, -0.25) is 5.01 Å². The number of benzene rings is 1. The van der Waals surface area contributed by atoms with Crippen LogP contribution in [0.4, 0.5) is 5.69 Å². The summed E-state index contributed by atoms with van der Waals surface area (Å²) < 4.78 is 0. The highest BCUT2D eigenvalue weighted by Crippen LogP contribution is 2.44. The van der Waals surface area contributed by atoms with Crippen LogP contribution < -0.4 is 15.8 Å². The number of anilines is 1. The summed E-state index contributed by atoms with van der Waals surface area (Å²) in [5.41, 5.74) is 6.26. The number of hydrogen-bond donors (Lipinski definition) is 2. The first kappa shape index (κ1) is 14.8. The maximum atomic E-state index is 5.57. The Morgan fingerprint density at radius 3 is 2.48 bits per heavy atom. The maximum absolute atomic E-state index is 5.57. The Morgan fingerprint density at radius 1 is 1.19 bits per heavy atom. The third-order valence-electron chi connectivity index (χ3n) is 4.55. The molecule has 21 heavy (non-hydrogen) atoms. The van der Waals surface area contributed by atoms with Gasteiger partial charge < -0.3 is 5.32 Å². The zero-order valence-electron chi connectivity index (χ0n) is 13.4. The monoisotopic (exact) mass is 303 g/mol. The van der Waals surface area contributed by atoms with Crippen LogP contribution in [0.2, 0.25) is 0 Å². The van der Waals surface area contributed by atoms with Gasteiger partial charge in [-0.1, -0.05) is 38.5 Å². The van der Waals surface area contributed by atoms with E-state index in [0.717, 1.165) is 23.6 Å². The second-order valence-electron chi connectivity index (χ2n) is 7.65. The molecule has 2 fully saturated rings. The average molecular weight is 303 g/mol. The van der Waals surface area contributed by atoms with Gasteiger partial charge in [-0.25, -0.2) is 5.43 Å². The SMILES string of the molecule is Cc1ccc(N2N[C@@]3(C[C@@H](C)CC(C)(C)C3)NC2=S)cc1. The normalized spacial score (nSPS) is 31.5. The minimum atomic E-state index is -0.0941. The minimum Gasteiger partial charge on any atom is -0.342 e. The summed E-state index contributed by atoms with van der Waals surface area (Å²) in [7, 11) is 0. The highest BCUT2D eigenvalue weighted by atomic mass is 32.1. The fourth-order valence-electron chi connectivity index (χ4n) is 4.18. The molecule has 114 valence electrons. The Balaban J connectivity index is 1.85. The number of nitrogens with one attached hydrogen (secondary N) is 2. The standard InChI is InChI=1S/C17H25N3S/c1-12-5-7-14(8-6-12)20-15(21)18-17(19-20)10-13(2)9-16(3,4)11-17/h5-8,13,19H,9-11H2,1-4H3,(H,18,21)/t13-,17+/m0/s1. The van der Waals surface area contributed by atoms with Crippen molar-refractivity contribution in [3.05, 3.63) is 29.8 Å². The molecule has 1 heterocycles. The van der Waals surface area contributed by atoms with Gasteiger partial charge in [-0.05, 0) is 61.9 Å². The van der Waals surface area contributed by atoms with Crippen molar-refractivity contribution < 1.29 is 0 Å². The van der Waals surface area contributed by atoms with Crippen LogP contribution in [-0.4, -0.2) is 10.8 Å². The van der Waals surface area contributed by atoms with E-state index in [1.165, 1.54) is 12.0 Å². The molecule has 2 N–H and O–H groups in total. The van der Waals surface area contributed by atoms with Crippen molar-refractivity contribution in [2.24, 2.45) is 11.3 Å². The highest BCUT2D eigenvalue weighted by molar-refractivity contribution is 7.80. The smallest absolute Gasteiger partial charge is 0.189 e. The lowest BCUT2D eigenvalue weighted by atomic mass is 9.68. The van der Waals surface area contributed by atoms with Gasteiger partial charge in [0.05, 0.1) is 5.69 Å². The molecule has 0 amide bonds. The van der Waals surface area contributed by atoms with E-state index >= 15 is 0 Å². The van der Waals surface area contributed by atoms with Crippen molar-refractivity contribution >= 4 is 23.0 Å². The molecule has 1 aliphatic carbocycles. The number of hydrazine groups is 1. The first-order valence-corrected chi connectivity index (χ1v) is 8.16. The summed E-state index contributed by atoms with van der Waals surface area (Å²) >= 11 is 5.57. The van der Waals surface area contributed by atoms with Crippen molar-refractivity contribution in [1.29, 1.82) is 0 Å². The van der Waals surface area contributed by atoms with Crippen molar-refractivity contribution in [1.82, 2.24) is 10.7 Å². The molecule has 0 radical (unpaired) electrons. The Morgan fingerprint density at radius 2 is 1.86 bits per heavy atom. The van der Waals surface area contributed by atoms with E-state index in [4.69, 9.17) is 12.2 Å². The molecule has 1 saturated heterocycles. The minimum absolute atomic E-state index is 0.0941. The van der Waals surface area contributed by atoms with Gasteiger partial charge in [0.15, 0.2) is 5.11 Å². The second kappa shape index (κ2) is 4.96. The highest BCUT2D eigenvalue weighted by Gasteiger charge is 2.48. The van der Waals surface area contributed by atoms with Gasteiger partial charge in [-0.15, -0.1) is 0 Å². The van der Waals surface area contributed by atoms with Crippen molar-refractivity contribution in [2.45, 2.75) is 52.6 Å². The van der Waals surface area contributed by atoms with E-state index in [-0.39, 0.29) is 5.66 Å². The first-order valence-electron chi connectivity index (χ1n) is 7.75. The molecule has 1 spiro atoms. The summed E-state index contributed by atoms with van der Waals surface area (Å²) in [5, 5.41) is 6.38. The molecule has 2 atom stereocenters. The quantitative estimate of drug-likeness (QED) is 0.773. The molecule has 3 rings (SSSR count). The van der Waals surface area contributed by atoms with Gasteiger partial charge >= 0.3 is 0 Å². The van der Waals surface area contributed by atoms with Crippen LogP contribution in [0.15, 0.2) is 24.3 Å². The second-order valence-corrected chi connectivity index (χ2v) is 8.04. The number of thiocarbonyl (C=S) groups is 1. The van der Waals surface area contributed by atoms with E-state index < -0.39 is 0 Å². The van der Waals surface area contributed by atoms with Crippen LogP contribution in [0.3, 0.4) is 0 Å². The third kappa shape index (κ3) is 2.92. The molecule has 0 aromatic heterocycles. The topological polar surface area (TPSA) is 27.3 Å². The fourth-order valence-corrected chi connectivity index (χ4v) is 4.53. The van der Waals surface area contributed by atoms with Crippen molar-refractivity contribution in [3.8, 4) is 0 Å². The molecule has 1 aromatic rings. The largest absolute Gasteiger partial charge is 0.342 e. The van der Waals surface area contributed by atoms with Crippen LogP contribution in [0.25, 0.3) is 0 Å². The van der Waals surface area contributed by atoms with E-state index in [9.17, 15) is 0 Å². The van der Waals surface area contributed by atoms with Gasteiger partial charge in [-0.2, -0.15) is 0 Å². The lowest BCUT2D eigenvalue weighted by Crippen LogP contribution is -2.57. The van der Waals surface area contributed by atoms with E-state index in [0.29, 0.717) is 11.3 Å². The molecule has 4 heteroatoms. The van der Waals surface area contributed by atoms with Gasteiger partial charge in [0.1, 0.15) is 5.66 Å². The predicted octanol–water partition coefficient (Wildman–Crippen LogP) is 3.74. The molecule has 2 aliphatic rings. The molecule has 1 aromatic carbocycles. The number of aryl methyl sites for hydroxylation is 1.